The number of methoxy groups -OCH3 is 1. The topological polar surface area (TPSA) is 49.8 Å². The SMILES string of the molecule is CCc1cccc(C2CCC3(CC2)CN(C(=O)C2CC(C)(O)C2)C3)c1OC. The number of para-hydroxylation sites is 1. The molecular formula is C23H33NO3. The highest BCUT2D eigenvalue weighted by atomic mass is 16.5. The molecule has 2 aliphatic carbocycles. The summed E-state index contributed by atoms with van der Waals surface area (Å²) in [4.78, 5) is 14.6. The number of aliphatic hydroxyl groups is 1. The second kappa shape index (κ2) is 6.80. The summed E-state index contributed by atoms with van der Waals surface area (Å²) in [7, 11) is 1.79. The predicted octanol–water partition coefficient (Wildman–Crippen LogP) is 3.90. The van der Waals surface area contributed by atoms with Crippen molar-refractivity contribution < 1.29 is 14.6 Å². The summed E-state index contributed by atoms with van der Waals surface area (Å²) >= 11 is 0. The summed E-state index contributed by atoms with van der Waals surface area (Å²) in [6.07, 6.45) is 7.02. The van der Waals surface area contributed by atoms with E-state index in [2.05, 4.69) is 25.1 Å². The molecule has 1 aliphatic heterocycles. The van der Waals surface area contributed by atoms with E-state index in [4.69, 9.17) is 4.74 Å². The Bertz CT molecular complexity index is 702. The smallest absolute Gasteiger partial charge is 0.225 e. The van der Waals surface area contributed by atoms with E-state index in [0.29, 0.717) is 24.2 Å². The summed E-state index contributed by atoms with van der Waals surface area (Å²) in [6, 6.07) is 6.57. The van der Waals surface area contributed by atoms with Crippen molar-refractivity contribution in [3.8, 4) is 5.75 Å². The zero-order valence-electron chi connectivity index (χ0n) is 17.0. The third-order valence-corrected chi connectivity index (χ3v) is 7.28. The first-order chi connectivity index (χ1) is 12.9. The molecule has 1 N–H and O–H groups in total. The third-order valence-electron chi connectivity index (χ3n) is 7.28. The van der Waals surface area contributed by atoms with E-state index in [1.165, 1.54) is 36.8 Å². The van der Waals surface area contributed by atoms with Gasteiger partial charge in [-0.1, -0.05) is 25.1 Å². The number of carbonyl (C=O) groups is 1. The van der Waals surface area contributed by atoms with Gasteiger partial charge < -0.3 is 14.7 Å². The molecule has 4 nitrogen and oxygen atoms in total. The van der Waals surface area contributed by atoms with Gasteiger partial charge in [-0.15, -0.1) is 0 Å². The zero-order chi connectivity index (χ0) is 19.2. The van der Waals surface area contributed by atoms with E-state index >= 15 is 0 Å². The van der Waals surface area contributed by atoms with Crippen LogP contribution in [0.1, 0.15) is 69.4 Å². The van der Waals surface area contributed by atoms with E-state index < -0.39 is 5.60 Å². The molecule has 27 heavy (non-hydrogen) atoms. The van der Waals surface area contributed by atoms with Crippen molar-refractivity contribution in [2.24, 2.45) is 11.3 Å². The van der Waals surface area contributed by atoms with Crippen LogP contribution in [-0.4, -0.2) is 41.7 Å². The zero-order valence-corrected chi connectivity index (χ0v) is 17.0. The summed E-state index contributed by atoms with van der Waals surface area (Å²) < 4.78 is 5.75. The van der Waals surface area contributed by atoms with Gasteiger partial charge in [0, 0.05) is 24.4 Å². The first-order valence-corrected chi connectivity index (χ1v) is 10.5. The van der Waals surface area contributed by atoms with E-state index in [-0.39, 0.29) is 11.8 Å². The molecule has 0 radical (unpaired) electrons. The van der Waals surface area contributed by atoms with Gasteiger partial charge in [0.1, 0.15) is 5.75 Å². The molecule has 1 amide bonds. The molecule has 4 rings (SSSR count). The lowest BCUT2D eigenvalue weighted by Gasteiger charge is -2.55. The second-order valence-electron chi connectivity index (χ2n) is 9.46. The molecule has 1 heterocycles. The standard InChI is InChI=1S/C23H33NO3/c1-4-16-6-5-7-19(20(16)27-3)17-8-10-23(11-9-17)14-24(15-23)21(25)18-12-22(2,26)13-18/h5-7,17-18,26H,4,8-15H2,1-3H3. The number of likely N-dealkylation sites (tertiary alicyclic amines) is 1. The van der Waals surface area contributed by atoms with Crippen LogP contribution in [0.4, 0.5) is 0 Å². The Labute approximate surface area is 162 Å². The average molecular weight is 372 g/mol. The molecule has 3 fully saturated rings. The molecule has 2 saturated carbocycles. The molecule has 0 aromatic heterocycles. The van der Waals surface area contributed by atoms with Crippen LogP contribution in [0.2, 0.25) is 0 Å². The van der Waals surface area contributed by atoms with Gasteiger partial charge in [0.05, 0.1) is 12.7 Å². The first kappa shape index (κ1) is 18.8. The van der Waals surface area contributed by atoms with Crippen LogP contribution < -0.4 is 4.74 Å². The van der Waals surface area contributed by atoms with Crippen molar-refractivity contribution in [2.45, 2.75) is 70.3 Å². The number of amides is 1. The normalized spacial score (nSPS) is 29.9. The molecule has 0 unspecified atom stereocenters. The van der Waals surface area contributed by atoms with Crippen molar-refractivity contribution in [2.75, 3.05) is 20.2 Å². The lowest BCUT2D eigenvalue weighted by atomic mass is 9.63. The predicted molar refractivity (Wildman–Crippen MR) is 106 cm³/mol. The summed E-state index contributed by atoms with van der Waals surface area (Å²) in [5.74, 6) is 1.98. The molecule has 1 spiro atoms. The Balaban J connectivity index is 1.34. The fraction of sp³-hybridized carbons (Fsp3) is 0.696. The van der Waals surface area contributed by atoms with Crippen LogP contribution in [0.3, 0.4) is 0 Å². The number of carbonyl (C=O) groups excluding carboxylic acids is 1. The molecular weight excluding hydrogens is 338 g/mol. The lowest BCUT2D eigenvalue weighted by Crippen LogP contribution is -2.62. The van der Waals surface area contributed by atoms with Crippen LogP contribution in [0.25, 0.3) is 0 Å². The Hall–Kier alpha value is -1.55. The summed E-state index contributed by atoms with van der Waals surface area (Å²) in [5, 5.41) is 9.88. The van der Waals surface area contributed by atoms with Gasteiger partial charge in [0.2, 0.25) is 5.91 Å². The molecule has 148 valence electrons. The quantitative estimate of drug-likeness (QED) is 0.873. The van der Waals surface area contributed by atoms with Gasteiger partial charge in [-0.2, -0.15) is 0 Å². The monoisotopic (exact) mass is 371 g/mol. The van der Waals surface area contributed by atoms with Gasteiger partial charge in [-0.25, -0.2) is 0 Å². The minimum atomic E-state index is -0.618. The van der Waals surface area contributed by atoms with E-state index in [1.807, 2.05) is 11.8 Å². The lowest BCUT2D eigenvalue weighted by molar-refractivity contribution is -0.163. The van der Waals surface area contributed by atoms with Crippen molar-refractivity contribution >= 4 is 5.91 Å². The fourth-order valence-electron chi connectivity index (χ4n) is 5.66. The van der Waals surface area contributed by atoms with E-state index in [9.17, 15) is 9.90 Å². The van der Waals surface area contributed by atoms with Gasteiger partial charge in [-0.3, -0.25) is 4.79 Å². The van der Waals surface area contributed by atoms with Crippen molar-refractivity contribution in [3.63, 3.8) is 0 Å². The van der Waals surface area contributed by atoms with E-state index in [1.54, 1.807) is 7.11 Å². The Morgan fingerprint density at radius 1 is 1.26 bits per heavy atom. The number of benzene rings is 1. The van der Waals surface area contributed by atoms with Gasteiger partial charge >= 0.3 is 0 Å². The Kier molecular flexibility index (Phi) is 4.74. The molecule has 0 atom stereocenters. The van der Waals surface area contributed by atoms with Gasteiger partial charge in [0.15, 0.2) is 0 Å². The third kappa shape index (κ3) is 3.37. The number of aryl methyl sites for hydroxylation is 1. The largest absolute Gasteiger partial charge is 0.496 e. The second-order valence-corrected chi connectivity index (χ2v) is 9.46. The maximum atomic E-state index is 12.6. The maximum absolute atomic E-state index is 12.6. The summed E-state index contributed by atoms with van der Waals surface area (Å²) in [6.45, 7) is 5.85. The number of nitrogens with zero attached hydrogens (tertiary/aromatic N) is 1. The molecule has 1 aromatic rings. The van der Waals surface area contributed by atoms with Crippen molar-refractivity contribution in [1.82, 2.24) is 4.90 Å². The molecule has 1 saturated heterocycles. The Morgan fingerprint density at radius 2 is 1.93 bits per heavy atom. The van der Waals surface area contributed by atoms with Crippen LogP contribution in [0.15, 0.2) is 18.2 Å². The van der Waals surface area contributed by atoms with Crippen LogP contribution in [0, 0.1) is 11.3 Å². The Morgan fingerprint density at radius 3 is 2.48 bits per heavy atom. The van der Waals surface area contributed by atoms with Crippen LogP contribution >= 0.6 is 0 Å². The number of rotatable bonds is 4. The number of ether oxygens (including phenoxy) is 1. The van der Waals surface area contributed by atoms with Crippen molar-refractivity contribution in [1.29, 1.82) is 0 Å². The minimum absolute atomic E-state index is 0.0507. The fourth-order valence-corrected chi connectivity index (χ4v) is 5.66. The molecule has 4 heteroatoms. The highest BCUT2D eigenvalue weighted by molar-refractivity contribution is 5.81. The minimum Gasteiger partial charge on any atom is -0.496 e. The maximum Gasteiger partial charge on any atom is 0.225 e. The highest BCUT2D eigenvalue weighted by Gasteiger charge is 2.51. The summed E-state index contributed by atoms with van der Waals surface area (Å²) in [5.41, 5.74) is 2.39. The highest BCUT2D eigenvalue weighted by Crippen LogP contribution is 2.51. The molecule has 3 aliphatic rings. The van der Waals surface area contributed by atoms with Gasteiger partial charge in [-0.05, 0) is 68.9 Å². The van der Waals surface area contributed by atoms with Gasteiger partial charge in [0.25, 0.3) is 0 Å². The number of hydrogen-bond donors (Lipinski definition) is 1. The first-order valence-electron chi connectivity index (χ1n) is 10.5. The number of hydrogen-bond acceptors (Lipinski definition) is 3. The average Bonchev–Trinajstić information content (AvgIpc) is 2.62. The van der Waals surface area contributed by atoms with Crippen LogP contribution in [0.5, 0.6) is 5.75 Å². The van der Waals surface area contributed by atoms with E-state index in [0.717, 1.165) is 25.3 Å². The van der Waals surface area contributed by atoms with Crippen LogP contribution in [-0.2, 0) is 11.2 Å². The molecule has 0 bridgehead atoms. The molecule has 1 aromatic carbocycles. The van der Waals surface area contributed by atoms with Crippen molar-refractivity contribution in [3.05, 3.63) is 29.3 Å².